The number of hydrogen-bond donors (Lipinski definition) is 1. The van der Waals surface area contributed by atoms with Crippen LogP contribution in [0.4, 0.5) is 31.5 Å². The Labute approximate surface area is 170 Å². The van der Waals surface area contributed by atoms with Crippen molar-refractivity contribution < 1.29 is 31.1 Å². The van der Waals surface area contributed by atoms with Crippen LogP contribution in [0.1, 0.15) is 32.6 Å². The number of alkyl halides is 6. The lowest BCUT2D eigenvalue weighted by molar-refractivity contribution is -0.143. The SMILES string of the molecule is Cc1cccc(C)c1C(=O)Nc1nnc(-c2cc(C(F)(F)F)cc(C(F)(F)F)c2)s1. The van der Waals surface area contributed by atoms with Crippen LogP contribution in [0.25, 0.3) is 10.6 Å². The third-order valence-electron chi connectivity index (χ3n) is 4.19. The van der Waals surface area contributed by atoms with Crippen molar-refractivity contribution in [3.63, 3.8) is 0 Å². The van der Waals surface area contributed by atoms with Crippen molar-refractivity contribution in [3.8, 4) is 10.6 Å². The first-order valence-electron chi connectivity index (χ1n) is 8.37. The number of aromatic nitrogens is 2. The van der Waals surface area contributed by atoms with Crippen LogP contribution >= 0.6 is 11.3 Å². The summed E-state index contributed by atoms with van der Waals surface area (Å²) in [6, 6.07) is 6.40. The largest absolute Gasteiger partial charge is 0.416 e. The molecule has 11 heteroatoms. The molecule has 0 fully saturated rings. The van der Waals surface area contributed by atoms with Crippen molar-refractivity contribution in [2.75, 3.05) is 5.32 Å². The summed E-state index contributed by atoms with van der Waals surface area (Å²) in [5, 5.41) is 9.56. The van der Waals surface area contributed by atoms with E-state index in [0.29, 0.717) is 40.2 Å². The molecule has 1 heterocycles. The number of amides is 1. The summed E-state index contributed by atoms with van der Waals surface area (Å²) in [7, 11) is 0. The van der Waals surface area contributed by atoms with Crippen LogP contribution in [0.2, 0.25) is 0 Å². The first-order chi connectivity index (χ1) is 13.9. The first-order valence-corrected chi connectivity index (χ1v) is 9.19. The molecule has 1 amide bonds. The van der Waals surface area contributed by atoms with Gasteiger partial charge in [-0.15, -0.1) is 10.2 Å². The maximum absolute atomic E-state index is 13.0. The second-order valence-electron chi connectivity index (χ2n) is 6.43. The lowest BCUT2D eigenvalue weighted by Gasteiger charge is -2.13. The highest BCUT2D eigenvalue weighted by molar-refractivity contribution is 7.18. The fourth-order valence-corrected chi connectivity index (χ4v) is 3.53. The minimum absolute atomic E-state index is 0.0359. The maximum Gasteiger partial charge on any atom is 0.416 e. The summed E-state index contributed by atoms with van der Waals surface area (Å²) in [5.74, 6) is -0.506. The zero-order chi connectivity index (χ0) is 22.3. The summed E-state index contributed by atoms with van der Waals surface area (Å²) >= 11 is 0.670. The molecule has 3 rings (SSSR count). The average Bonchev–Trinajstić information content (AvgIpc) is 3.08. The predicted octanol–water partition coefficient (Wildman–Crippen LogP) is 6.11. The Hall–Kier alpha value is -2.95. The predicted molar refractivity (Wildman–Crippen MR) is 99.2 cm³/mol. The molecule has 0 spiro atoms. The number of carbonyl (C=O) groups is 1. The molecule has 0 atom stereocenters. The molecule has 2 aromatic carbocycles. The van der Waals surface area contributed by atoms with Crippen LogP contribution in [-0.4, -0.2) is 16.1 Å². The number of nitrogens with one attached hydrogen (secondary N) is 1. The van der Waals surface area contributed by atoms with Crippen molar-refractivity contribution in [2.45, 2.75) is 26.2 Å². The lowest BCUT2D eigenvalue weighted by Crippen LogP contribution is -2.14. The van der Waals surface area contributed by atoms with Gasteiger partial charge in [0.05, 0.1) is 11.1 Å². The van der Waals surface area contributed by atoms with Crippen LogP contribution in [0.5, 0.6) is 0 Å². The standard InChI is InChI=1S/C19H13F6N3OS/c1-9-4-3-5-10(2)14(9)15(29)26-17-28-27-16(30-17)11-6-12(18(20,21)22)8-13(7-11)19(23,24)25/h3-8H,1-2H3,(H,26,28,29). The Morgan fingerprint density at radius 2 is 1.43 bits per heavy atom. The minimum atomic E-state index is -4.97. The molecular weight excluding hydrogens is 432 g/mol. The molecule has 0 saturated carbocycles. The van der Waals surface area contributed by atoms with Gasteiger partial charge < -0.3 is 0 Å². The fourth-order valence-electron chi connectivity index (χ4n) is 2.80. The minimum Gasteiger partial charge on any atom is -0.296 e. The average molecular weight is 445 g/mol. The molecule has 3 aromatic rings. The normalized spacial score (nSPS) is 12.1. The third-order valence-corrected chi connectivity index (χ3v) is 5.08. The van der Waals surface area contributed by atoms with Crippen LogP contribution in [0, 0.1) is 13.8 Å². The molecule has 30 heavy (non-hydrogen) atoms. The maximum atomic E-state index is 13.0. The Kier molecular flexibility index (Phi) is 5.59. The van der Waals surface area contributed by atoms with E-state index in [1.807, 2.05) is 0 Å². The van der Waals surface area contributed by atoms with Crippen LogP contribution in [-0.2, 0) is 12.4 Å². The second kappa shape index (κ2) is 7.71. The van der Waals surface area contributed by atoms with E-state index in [9.17, 15) is 31.1 Å². The van der Waals surface area contributed by atoms with Crippen molar-refractivity contribution in [1.29, 1.82) is 0 Å². The molecule has 158 valence electrons. The zero-order valence-electron chi connectivity index (χ0n) is 15.4. The van der Waals surface area contributed by atoms with Gasteiger partial charge >= 0.3 is 12.4 Å². The van der Waals surface area contributed by atoms with Gasteiger partial charge in [0.25, 0.3) is 5.91 Å². The van der Waals surface area contributed by atoms with Crippen molar-refractivity contribution in [1.82, 2.24) is 10.2 Å². The number of rotatable bonds is 3. The van der Waals surface area contributed by atoms with E-state index in [-0.39, 0.29) is 16.2 Å². The lowest BCUT2D eigenvalue weighted by atomic mass is 10.0. The van der Waals surface area contributed by atoms with E-state index in [4.69, 9.17) is 0 Å². The smallest absolute Gasteiger partial charge is 0.296 e. The Morgan fingerprint density at radius 1 is 0.900 bits per heavy atom. The van der Waals surface area contributed by atoms with Crippen LogP contribution in [0.15, 0.2) is 36.4 Å². The van der Waals surface area contributed by atoms with Gasteiger partial charge in [-0.05, 0) is 43.2 Å². The number of hydrogen-bond acceptors (Lipinski definition) is 4. The molecular formula is C19H13F6N3OS. The summed E-state index contributed by atoms with van der Waals surface area (Å²) in [6.07, 6.45) is -9.94. The molecule has 0 saturated heterocycles. The number of nitrogens with zero attached hydrogens (tertiary/aromatic N) is 2. The van der Waals surface area contributed by atoms with Crippen molar-refractivity contribution >= 4 is 22.4 Å². The highest BCUT2D eigenvalue weighted by Crippen LogP contribution is 2.39. The summed E-state index contributed by atoms with van der Waals surface area (Å²) in [6.45, 7) is 3.46. The van der Waals surface area contributed by atoms with Gasteiger partial charge in [-0.3, -0.25) is 10.1 Å². The number of anilines is 1. The van der Waals surface area contributed by atoms with Gasteiger partial charge in [0.2, 0.25) is 5.13 Å². The monoisotopic (exact) mass is 445 g/mol. The number of halogens is 6. The number of benzene rings is 2. The van der Waals surface area contributed by atoms with E-state index < -0.39 is 35.0 Å². The summed E-state index contributed by atoms with van der Waals surface area (Å²) in [5.41, 5.74) is -1.52. The van der Waals surface area contributed by atoms with Crippen LogP contribution < -0.4 is 5.32 Å². The Balaban J connectivity index is 1.95. The zero-order valence-corrected chi connectivity index (χ0v) is 16.3. The molecule has 0 unspecified atom stereocenters. The second-order valence-corrected chi connectivity index (χ2v) is 7.41. The first kappa shape index (κ1) is 21.8. The molecule has 0 aliphatic heterocycles. The van der Waals surface area contributed by atoms with E-state index in [2.05, 4.69) is 15.5 Å². The van der Waals surface area contributed by atoms with Gasteiger partial charge in [-0.1, -0.05) is 29.5 Å². The highest BCUT2D eigenvalue weighted by atomic mass is 32.1. The Bertz CT molecular complexity index is 1050. The third kappa shape index (κ3) is 4.61. The van der Waals surface area contributed by atoms with Gasteiger partial charge in [0, 0.05) is 11.1 Å². The summed E-state index contributed by atoms with van der Waals surface area (Å²) in [4.78, 5) is 12.5. The van der Waals surface area contributed by atoms with E-state index in [0.717, 1.165) is 0 Å². The van der Waals surface area contributed by atoms with Crippen molar-refractivity contribution in [2.24, 2.45) is 0 Å². The molecule has 0 aliphatic carbocycles. The van der Waals surface area contributed by atoms with Crippen molar-refractivity contribution in [3.05, 3.63) is 64.2 Å². The van der Waals surface area contributed by atoms with E-state index in [1.54, 1.807) is 32.0 Å². The van der Waals surface area contributed by atoms with Gasteiger partial charge in [-0.25, -0.2) is 0 Å². The van der Waals surface area contributed by atoms with Gasteiger partial charge in [-0.2, -0.15) is 26.3 Å². The number of carbonyl (C=O) groups excluding carboxylic acids is 1. The quantitative estimate of drug-likeness (QED) is 0.495. The van der Waals surface area contributed by atoms with Crippen LogP contribution in [0.3, 0.4) is 0 Å². The molecule has 1 aromatic heterocycles. The highest BCUT2D eigenvalue weighted by Gasteiger charge is 2.37. The topological polar surface area (TPSA) is 54.9 Å². The summed E-state index contributed by atoms with van der Waals surface area (Å²) < 4.78 is 78.2. The molecule has 1 N–H and O–H groups in total. The molecule has 4 nitrogen and oxygen atoms in total. The molecule has 0 radical (unpaired) electrons. The molecule has 0 aliphatic rings. The van der Waals surface area contributed by atoms with E-state index >= 15 is 0 Å². The number of aryl methyl sites for hydroxylation is 2. The Morgan fingerprint density at radius 3 is 1.93 bits per heavy atom. The molecule has 0 bridgehead atoms. The fraction of sp³-hybridized carbons (Fsp3) is 0.211. The van der Waals surface area contributed by atoms with Gasteiger partial charge in [0.15, 0.2) is 0 Å². The van der Waals surface area contributed by atoms with E-state index in [1.165, 1.54) is 0 Å². The van der Waals surface area contributed by atoms with Gasteiger partial charge in [0.1, 0.15) is 5.01 Å².